The number of ether oxygens (including phenoxy) is 6. The minimum absolute atomic E-state index is 0.104. The third kappa shape index (κ3) is 14.7. The Bertz CT molecular complexity index is 3210. The number of nitrogens with zero attached hydrogens (tertiary/aromatic N) is 4. The molecule has 8 aromatic rings. The van der Waals surface area contributed by atoms with Crippen LogP contribution in [0.15, 0.2) is 106 Å². The van der Waals surface area contributed by atoms with Crippen molar-refractivity contribution in [3.05, 3.63) is 140 Å². The number of phenols is 1. The van der Waals surface area contributed by atoms with Gasteiger partial charge >= 0.3 is 1.28 Å². The summed E-state index contributed by atoms with van der Waals surface area (Å²) >= 11 is 19.8. The first-order valence-electron chi connectivity index (χ1n) is 23.2. The molecule has 8 rings (SSSR count). The van der Waals surface area contributed by atoms with Crippen molar-refractivity contribution >= 4 is 85.2 Å². The molecule has 0 fully saturated rings. The van der Waals surface area contributed by atoms with Gasteiger partial charge in [-0.3, -0.25) is 9.59 Å². The maximum atomic E-state index is 13.5. The van der Waals surface area contributed by atoms with Crippen molar-refractivity contribution in [1.82, 2.24) is 20.4 Å². The molecule has 0 saturated heterocycles. The lowest BCUT2D eigenvalue weighted by molar-refractivity contribution is -0.0613. The molecule has 5 atom stereocenters. The summed E-state index contributed by atoms with van der Waals surface area (Å²) in [5.74, 6) is 1.49. The molecular formula is C52H53Cl2N4O11P2S3+. The highest BCUT2D eigenvalue weighted by Gasteiger charge is 2.28. The van der Waals surface area contributed by atoms with Crippen LogP contribution in [0.2, 0.25) is 10.0 Å². The summed E-state index contributed by atoms with van der Waals surface area (Å²) in [6.07, 6.45) is -2.16. The fraction of sp³-hybridized carbons (Fsp3) is 0.269. The van der Waals surface area contributed by atoms with Gasteiger partial charge < -0.3 is 42.4 Å². The van der Waals surface area contributed by atoms with Gasteiger partial charge in [-0.05, 0) is 101 Å². The minimum atomic E-state index is -0.870. The van der Waals surface area contributed by atoms with Crippen LogP contribution in [0.25, 0.3) is 43.8 Å². The predicted molar refractivity (Wildman–Crippen MR) is 298 cm³/mol. The summed E-state index contributed by atoms with van der Waals surface area (Å²) in [7, 11) is 5.17. The highest BCUT2D eigenvalue weighted by molar-refractivity contribution is 8.24. The zero-order valence-electron chi connectivity index (χ0n) is 42.4. The third-order valence-corrected chi connectivity index (χ3v) is 13.1. The van der Waals surface area contributed by atoms with Crippen molar-refractivity contribution in [2.24, 2.45) is 0 Å². The SMILES string of the molecule is CCOC(C(=O)c1ccc(-c2cc(O)c(Cl)c(OC)c2)o1)c1ccc(-c2nnc(C)s2)cc1.CCOC(C)Oc1cc(-c2ccc(C(=O)C(OCC)c3ccc(-c4nnc(C)s4)cc3)o2)cc(OC)c1Cl.[3H][P+](P)=S. The smallest absolute Gasteiger partial charge is 0.355 e. The maximum absolute atomic E-state index is 13.5. The van der Waals surface area contributed by atoms with E-state index < -0.39 is 25.5 Å². The van der Waals surface area contributed by atoms with Crippen LogP contribution in [0.4, 0.5) is 0 Å². The summed E-state index contributed by atoms with van der Waals surface area (Å²) in [6.45, 7) is 11.5. The van der Waals surface area contributed by atoms with Crippen molar-refractivity contribution in [2.45, 2.75) is 60.0 Å². The molecule has 15 nitrogen and oxygen atoms in total. The number of aromatic nitrogens is 4. The Kier molecular flexibility index (Phi) is 21.2. The Morgan fingerprint density at radius 3 is 1.46 bits per heavy atom. The number of aryl methyl sites for hydroxylation is 2. The first kappa shape index (κ1) is 56.2. The van der Waals surface area contributed by atoms with Crippen LogP contribution >= 0.6 is 61.8 Å². The molecule has 0 bridgehead atoms. The molecule has 0 aliphatic rings. The number of ketones is 2. The van der Waals surface area contributed by atoms with Crippen LogP contribution in [-0.4, -0.2) is 78.7 Å². The Labute approximate surface area is 456 Å². The summed E-state index contributed by atoms with van der Waals surface area (Å²) in [6, 6.07) is 28.1. The summed E-state index contributed by atoms with van der Waals surface area (Å²) in [5.41, 5.74) is 4.43. The second kappa shape index (κ2) is 27.9. The molecule has 4 heterocycles. The zero-order chi connectivity index (χ0) is 54.3. The summed E-state index contributed by atoms with van der Waals surface area (Å²) in [4.78, 5) is 26.7. The average Bonchev–Trinajstić information content (AvgIpc) is 4.25. The molecule has 74 heavy (non-hydrogen) atoms. The van der Waals surface area contributed by atoms with Crippen LogP contribution in [0.1, 0.15) is 82.2 Å². The number of carbonyl (C=O) groups excluding carboxylic acids is 2. The number of rotatable bonds is 20. The van der Waals surface area contributed by atoms with Crippen LogP contribution in [0.5, 0.6) is 23.0 Å². The third-order valence-electron chi connectivity index (χ3n) is 10.5. The molecule has 0 amide bonds. The average molecular weight is 1140 g/mol. The van der Waals surface area contributed by atoms with Crippen LogP contribution < -0.4 is 14.2 Å². The molecular weight excluding hydrogens is 1090 g/mol. The monoisotopic (exact) mass is 1140 g/mol. The van der Waals surface area contributed by atoms with E-state index in [-0.39, 0.29) is 33.9 Å². The van der Waals surface area contributed by atoms with Crippen molar-refractivity contribution < 1.29 is 52.0 Å². The number of furan rings is 2. The van der Waals surface area contributed by atoms with Crippen molar-refractivity contribution in [1.29, 1.82) is 1.28 Å². The first-order valence-corrected chi connectivity index (χ1v) is 28.7. The van der Waals surface area contributed by atoms with Gasteiger partial charge in [-0.2, -0.15) is 0 Å². The topological polar surface area (TPSA) is 188 Å². The van der Waals surface area contributed by atoms with Gasteiger partial charge in [-0.25, -0.2) is 0 Å². The number of phenolic OH excluding ortho intramolecular Hbond substituents is 1. The highest BCUT2D eigenvalue weighted by Crippen LogP contribution is 2.41. The van der Waals surface area contributed by atoms with Gasteiger partial charge in [0.15, 0.2) is 36.6 Å². The van der Waals surface area contributed by atoms with E-state index in [2.05, 4.69) is 41.1 Å². The van der Waals surface area contributed by atoms with E-state index in [9.17, 15) is 14.7 Å². The fourth-order valence-corrected chi connectivity index (χ4v) is 9.00. The van der Waals surface area contributed by atoms with Crippen molar-refractivity contribution in [3.63, 3.8) is 0 Å². The first-order chi connectivity index (χ1) is 36.0. The van der Waals surface area contributed by atoms with E-state index in [4.69, 9.17) is 61.7 Å². The predicted octanol–water partition coefficient (Wildman–Crippen LogP) is 14.2. The molecule has 388 valence electrons. The number of Topliss-reactive ketones (excluding diaryl/α,β-unsaturated/α-hetero) is 2. The van der Waals surface area contributed by atoms with Gasteiger partial charge in [0.25, 0.3) is 0 Å². The number of halogens is 2. The molecule has 5 unspecified atom stereocenters. The summed E-state index contributed by atoms with van der Waals surface area (Å²) < 4.78 is 51.8. The van der Waals surface area contributed by atoms with Gasteiger partial charge in [-0.1, -0.05) is 94.4 Å². The number of aromatic hydroxyl groups is 1. The second-order valence-corrected chi connectivity index (χ2v) is 21.3. The largest absolute Gasteiger partial charge is 0.506 e. The van der Waals surface area contributed by atoms with E-state index in [0.717, 1.165) is 31.2 Å². The number of carbonyl (C=O) groups is 2. The number of hydrogen-bond donors (Lipinski definition) is 1. The molecule has 0 saturated carbocycles. The maximum Gasteiger partial charge on any atom is 0.355 e. The van der Waals surface area contributed by atoms with Gasteiger partial charge in [-0.15, -0.1) is 20.4 Å². The lowest BCUT2D eigenvalue weighted by Gasteiger charge is -2.17. The van der Waals surface area contributed by atoms with Crippen molar-refractivity contribution in [3.8, 4) is 66.8 Å². The van der Waals surface area contributed by atoms with Gasteiger partial charge in [0.1, 0.15) is 76.8 Å². The fourth-order valence-electron chi connectivity index (χ4n) is 7.19. The quantitative estimate of drug-likeness (QED) is 0.0431. The van der Waals surface area contributed by atoms with Gasteiger partial charge in [0.2, 0.25) is 11.6 Å². The molecule has 4 aromatic heterocycles. The Hall–Kier alpha value is -5.49. The van der Waals surface area contributed by atoms with Gasteiger partial charge in [0, 0.05) is 42.1 Å². The van der Waals surface area contributed by atoms with E-state index in [1.807, 2.05) is 83.1 Å². The Morgan fingerprint density at radius 1 is 0.662 bits per heavy atom. The number of hydrogen-bond acceptors (Lipinski definition) is 18. The highest BCUT2D eigenvalue weighted by atomic mass is 35.5. The molecule has 22 heteroatoms. The van der Waals surface area contributed by atoms with Crippen molar-refractivity contribution in [2.75, 3.05) is 34.0 Å². The molecule has 4 aromatic carbocycles. The van der Waals surface area contributed by atoms with Crippen LogP contribution in [-0.2, 0) is 26.0 Å². The van der Waals surface area contributed by atoms with Gasteiger partial charge in [0.05, 0.1) is 23.1 Å². The molecule has 0 aliphatic heterocycles. The molecule has 0 radical (unpaired) electrons. The van der Waals surface area contributed by atoms with E-state index in [1.54, 1.807) is 49.4 Å². The number of methoxy groups -OCH3 is 2. The zero-order valence-corrected chi connectivity index (χ0v) is 47.4. The molecule has 0 spiro atoms. The minimum Gasteiger partial charge on any atom is -0.506 e. The van der Waals surface area contributed by atoms with E-state index in [1.165, 1.54) is 43.0 Å². The Morgan fingerprint density at radius 2 is 1.07 bits per heavy atom. The molecule has 1 N–H and O–H groups in total. The lowest BCUT2D eigenvalue weighted by Crippen LogP contribution is -2.16. The second-order valence-electron chi connectivity index (χ2n) is 15.5. The van der Waals surface area contributed by atoms with E-state index in [0.29, 0.717) is 75.9 Å². The molecule has 0 aliphatic carbocycles. The Balaban J connectivity index is 0.000000229. The standard InChI is InChI=1S/C28H29ClN2O6S.C24H21ClN2O5S.H2P2S/c1-6-34-17(4)36-24-15-20(14-23(33-5)25(24)29)21-12-13-22(37-21)26(32)27(35-7-2)18-8-10-19(11-9-18)28-31-30-16(3)38-28;1-4-31-23(14-5-7-15(8-6-14)24-27-26-13(2)33-24)22(29)19-10-9-18(32-19)16-11-17(28)21(25)20(12-16)30-3;1-2-3/h8-15,17,27H,6-7H2,1-5H3;5-12,23,28H,4H2,1-3H3;1H2/p+1/i/hT. The normalized spacial score (nSPS) is 12.5. The summed E-state index contributed by atoms with van der Waals surface area (Å²) in [5, 5.41) is 30.3. The van der Waals surface area contributed by atoms with Crippen LogP contribution in [0.3, 0.4) is 0 Å². The number of benzene rings is 4. The van der Waals surface area contributed by atoms with Crippen LogP contribution in [0, 0.1) is 13.8 Å². The lowest BCUT2D eigenvalue weighted by atomic mass is 10.0. The van der Waals surface area contributed by atoms with E-state index >= 15 is 0 Å².